The average molecular weight is 417 g/mol. The molecule has 0 aliphatic carbocycles. The Kier molecular flexibility index (Phi) is 10.1. The van der Waals surface area contributed by atoms with E-state index in [4.69, 9.17) is 0 Å². The third-order valence-electron chi connectivity index (χ3n) is 4.24. The number of nitrogens with zero attached hydrogens (tertiary/aromatic N) is 1. The van der Waals surface area contributed by atoms with Gasteiger partial charge in [-0.05, 0) is 50.4 Å². The van der Waals surface area contributed by atoms with Crippen molar-refractivity contribution in [1.29, 1.82) is 0 Å². The van der Waals surface area contributed by atoms with Crippen LogP contribution in [-0.4, -0.2) is 53.9 Å². The van der Waals surface area contributed by atoms with Crippen molar-refractivity contribution in [3.05, 3.63) is 39.9 Å². The van der Waals surface area contributed by atoms with Crippen LogP contribution >= 0.6 is 24.2 Å². The normalized spacial score (nSPS) is 15.3. The highest BCUT2D eigenvalue weighted by Crippen LogP contribution is 2.14. The van der Waals surface area contributed by atoms with E-state index >= 15 is 0 Å². The van der Waals surface area contributed by atoms with Crippen molar-refractivity contribution >= 4 is 41.7 Å². The highest BCUT2D eigenvalue weighted by Gasteiger charge is 2.24. The van der Waals surface area contributed by atoms with Crippen molar-refractivity contribution in [3.8, 4) is 0 Å². The summed E-state index contributed by atoms with van der Waals surface area (Å²) in [5.41, 5.74) is 0.0143. The quantitative estimate of drug-likeness (QED) is 0.439. The molecule has 0 spiro atoms. The Bertz CT molecular complexity index is 656. The number of carbonyl (C=O) groups excluding carboxylic acids is 2. The summed E-state index contributed by atoms with van der Waals surface area (Å²) in [6, 6.07) is 4.94. The van der Waals surface area contributed by atoms with E-state index in [1.807, 2.05) is 6.26 Å². The molecule has 0 saturated carbocycles. The molecule has 1 fully saturated rings. The summed E-state index contributed by atoms with van der Waals surface area (Å²) in [4.78, 5) is 35.4. The van der Waals surface area contributed by atoms with Gasteiger partial charge in [-0.15, -0.1) is 12.4 Å². The van der Waals surface area contributed by atoms with Gasteiger partial charge in [0, 0.05) is 23.7 Å². The maximum atomic E-state index is 12.6. The minimum absolute atomic E-state index is 0. The molecular weight excluding hydrogens is 392 g/mol. The van der Waals surface area contributed by atoms with Crippen LogP contribution in [0.2, 0.25) is 0 Å². The van der Waals surface area contributed by atoms with Crippen molar-refractivity contribution in [2.45, 2.75) is 31.3 Å². The maximum Gasteiger partial charge on any atom is 0.270 e. The first-order chi connectivity index (χ1) is 12.5. The van der Waals surface area contributed by atoms with Crippen molar-refractivity contribution in [3.63, 3.8) is 0 Å². The van der Waals surface area contributed by atoms with E-state index in [-0.39, 0.29) is 35.6 Å². The van der Waals surface area contributed by atoms with Crippen LogP contribution in [0, 0.1) is 10.1 Å². The van der Waals surface area contributed by atoms with Crippen LogP contribution < -0.4 is 16.0 Å². The summed E-state index contributed by atoms with van der Waals surface area (Å²) in [5.74, 6) is 0.0319. The van der Waals surface area contributed by atoms with Crippen LogP contribution in [-0.2, 0) is 4.79 Å². The van der Waals surface area contributed by atoms with E-state index in [1.165, 1.54) is 24.3 Å². The zero-order chi connectivity index (χ0) is 18.9. The summed E-state index contributed by atoms with van der Waals surface area (Å²) in [6.45, 7) is 1.72. The number of nitro benzene ring substituents is 1. The highest BCUT2D eigenvalue weighted by atomic mass is 35.5. The van der Waals surface area contributed by atoms with Crippen LogP contribution in [0.15, 0.2) is 24.3 Å². The number of non-ortho nitro benzene ring substituents is 1. The third kappa shape index (κ3) is 7.36. The molecule has 2 amide bonds. The molecule has 1 atom stereocenters. The Morgan fingerprint density at radius 3 is 2.70 bits per heavy atom. The number of rotatable bonds is 8. The molecule has 3 N–H and O–H groups in total. The van der Waals surface area contributed by atoms with E-state index in [9.17, 15) is 19.7 Å². The number of nitro groups is 1. The standard InChI is InChI=1S/C17H24N4O4S.ClH/c1-26-10-7-15(17(23)19-13-5-8-18-9-6-13)20-16(22)12-3-2-4-14(11-12)21(24)25;/h2-4,11,13,15,18H,5-10H2,1H3,(H,19,23)(H,20,22);1H. The lowest BCUT2D eigenvalue weighted by atomic mass is 10.1. The van der Waals surface area contributed by atoms with Gasteiger partial charge in [-0.1, -0.05) is 6.07 Å². The summed E-state index contributed by atoms with van der Waals surface area (Å²) in [6.07, 6.45) is 4.16. The molecule has 150 valence electrons. The lowest BCUT2D eigenvalue weighted by Crippen LogP contribution is -2.51. The summed E-state index contributed by atoms with van der Waals surface area (Å²) in [7, 11) is 0. The number of benzene rings is 1. The Morgan fingerprint density at radius 1 is 1.37 bits per heavy atom. The number of halogens is 1. The Labute approximate surface area is 168 Å². The number of amides is 2. The molecular formula is C17H25ClN4O4S. The number of thioether (sulfide) groups is 1. The Balaban J connectivity index is 0.00000364. The second-order valence-corrected chi connectivity index (χ2v) is 7.13. The number of nitrogens with one attached hydrogen (secondary N) is 3. The molecule has 1 aliphatic heterocycles. The SMILES string of the molecule is CSCCC(NC(=O)c1cccc([N+](=O)[O-])c1)C(=O)NC1CCNCC1.Cl. The number of carbonyl (C=O) groups is 2. The van der Waals surface area contributed by atoms with E-state index < -0.39 is 16.9 Å². The van der Waals surface area contributed by atoms with E-state index in [0.29, 0.717) is 6.42 Å². The fourth-order valence-corrected chi connectivity index (χ4v) is 3.25. The molecule has 1 aliphatic rings. The van der Waals surface area contributed by atoms with Gasteiger partial charge in [0.05, 0.1) is 4.92 Å². The predicted molar refractivity (Wildman–Crippen MR) is 109 cm³/mol. The lowest BCUT2D eigenvalue weighted by molar-refractivity contribution is -0.384. The second kappa shape index (κ2) is 11.8. The highest BCUT2D eigenvalue weighted by molar-refractivity contribution is 7.98. The van der Waals surface area contributed by atoms with Crippen LogP contribution in [0.3, 0.4) is 0 Å². The van der Waals surface area contributed by atoms with Crippen LogP contribution in [0.4, 0.5) is 5.69 Å². The third-order valence-corrected chi connectivity index (χ3v) is 4.88. The molecule has 10 heteroatoms. The maximum absolute atomic E-state index is 12.6. The molecule has 2 rings (SSSR count). The monoisotopic (exact) mass is 416 g/mol. The fourth-order valence-electron chi connectivity index (χ4n) is 2.77. The van der Waals surface area contributed by atoms with Crippen molar-refractivity contribution in [2.75, 3.05) is 25.1 Å². The first-order valence-electron chi connectivity index (χ1n) is 8.56. The van der Waals surface area contributed by atoms with Gasteiger partial charge in [0.1, 0.15) is 6.04 Å². The topological polar surface area (TPSA) is 113 Å². The first kappa shape index (κ1) is 23.2. The molecule has 0 bridgehead atoms. The van der Waals surface area contributed by atoms with Gasteiger partial charge in [-0.3, -0.25) is 19.7 Å². The van der Waals surface area contributed by atoms with Gasteiger partial charge in [-0.25, -0.2) is 0 Å². The van der Waals surface area contributed by atoms with Crippen LogP contribution in [0.25, 0.3) is 0 Å². The molecule has 0 aromatic heterocycles. The number of hydrogen-bond acceptors (Lipinski definition) is 6. The molecule has 1 aromatic rings. The first-order valence-corrected chi connectivity index (χ1v) is 9.96. The minimum Gasteiger partial charge on any atom is -0.351 e. The zero-order valence-corrected chi connectivity index (χ0v) is 16.7. The molecule has 27 heavy (non-hydrogen) atoms. The fraction of sp³-hybridized carbons (Fsp3) is 0.529. The Morgan fingerprint density at radius 2 is 2.07 bits per heavy atom. The van der Waals surface area contributed by atoms with Crippen LogP contribution in [0.5, 0.6) is 0 Å². The zero-order valence-electron chi connectivity index (χ0n) is 15.1. The smallest absolute Gasteiger partial charge is 0.270 e. The molecule has 1 unspecified atom stereocenters. The van der Waals surface area contributed by atoms with Crippen molar-refractivity contribution in [1.82, 2.24) is 16.0 Å². The Hall–Kier alpha value is -1.84. The largest absolute Gasteiger partial charge is 0.351 e. The van der Waals surface area contributed by atoms with Crippen molar-refractivity contribution < 1.29 is 14.5 Å². The number of piperidine rings is 1. The molecule has 0 radical (unpaired) electrons. The second-order valence-electron chi connectivity index (χ2n) is 6.15. The molecule has 1 heterocycles. The van der Waals surface area contributed by atoms with Gasteiger partial charge in [0.25, 0.3) is 11.6 Å². The summed E-state index contributed by atoms with van der Waals surface area (Å²) in [5, 5.41) is 19.8. The minimum atomic E-state index is -0.663. The van der Waals surface area contributed by atoms with Gasteiger partial charge < -0.3 is 16.0 Å². The van der Waals surface area contributed by atoms with Crippen molar-refractivity contribution in [2.24, 2.45) is 0 Å². The summed E-state index contributed by atoms with van der Waals surface area (Å²) < 4.78 is 0. The van der Waals surface area contributed by atoms with E-state index in [1.54, 1.807) is 11.8 Å². The predicted octanol–water partition coefficient (Wildman–Crippen LogP) is 1.74. The van der Waals surface area contributed by atoms with Gasteiger partial charge in [-0.2, -0.15) is 11.8 Å². The molecule has 1 aromatic carbocycles. The molecule has 8 nitrogen and oxygen atoms in total. The van der Waals surface area contributed by atoms with E-state index in [0.717, 1.165) is 31.7 Å². The number of hydrogen-bond donors (Lipinski definition) is 3. The molecule has 1 saturated heterocycles. The average Bonchev–Trinajstić information content (AvgIpc) is 2.65. The van der Waals surface area contributed by atoms with E-state index in [2.05, 4.69) is 16.0 Å². The van der Waals surface area contributed by atoms with Gasteiger partial charge in [0.2, 0.25) is 5.91 Å². The van der Waals surface area contributed by atoms with Gasteiger partial charge in [0.15, 0.2) is 0 Å². The lowest BCUT2D eigenvalue weighted by Gasteiger charge is -2.26. The summed E-state index contributed by atoms with van der Waals surface area (Å²) >= 11 is 1.59. The van der Waals surface area contributed by atoms with Gasteiger partial charge >= 0.3 is 0 Å². The van der Waals surface area contributed by atoms with Crippen LogP contribution in [0.1, 0.15) is 29.6 Å².